The Morgan fingerprint density at radius 1 is 1.24 bits per heavy atom. The van der Waals surface area contributed by atoms with E-state index in [9.17, 15) is 0 Å². The van der Waals surface area contributed by atoms with Gasteiger partial charge in [-0.1, -0.05) is 26.0 Å². The molecule has 5 heteroatoms. The van der Waals surface area contributed by atoms with Crippen molar-refractivity contribution in [2.75, 3.05) is 47.4 Å². The molecular formula is C20H36N4O. The van der Waals surface area contributed by atoms with Crippen LogP contribution in [-0.2, 0) is 6.42 Å². The Morgan fingerprint density at radius 3 is 2.56 bits per heavy atom. The SMILES string of the molecule is CCNC(=NCC(C)(C)CN(C)C)NCCc1ccc(C)c(OC)c1. The molecular weight excluding hydrogens is 312 g/mol. The van der Waals surface area contributed by atoms with E-state index < -0.39 is 0 Å². The summed E-state index contributed by atoms with van der Waals surface area (Å²) in [7, 11) is 5.92. The van der Waals surface area contributed by atoms with Crippen LogP contribution in [0.25, 0.3) is 0 Å². The summed E-state index contributed by atoms with van der Waals surface area (Å²) >= 11 is 0. The van der Waals surface area contributed by atoms with Crippen LogP contribution in [-0.4, -0.2) is 58.2 Å². The van der Waals surface area contributed by atoms with E-state index in [1.165, 1.54) is 5.56 Å². The summed E-state index contributed by atoms with van der Waals surface area (Å²) in [5.41, 5.74) is 2.58. The van der Waals surface area contributed by atoms with Crippen LogP contribution in [0.5, 0.6) is 5.75 Å². The first-order chi connectivity index (χ1) is 11.8. The van der Waals surface area contributed by atoms with Gasteiger partial charge in [-0.2, -0.15) is 0 Å². The number of benzene rings is 1. The molecule has 0 amide bonds. The summed E-state index contributed by atoms with van der Waals surface area (Å²) in [6, 6.07) is 6.38. The van der Waals surface area contributed by atoms with E-state index in [-0.39, 0.29) is 5.41 Å². The maximum absolute atomic E-state index is 5.40. The van der Waals surface area contributed by atoms with Gasteiger partial charge in [-0.15, -0.1) is 0 Å². The summed E-state index contributed by atoms with van der Waals surface area (Å²) in [6.45, 7) is 12.2. The number of hydrogen-bond donors (Lipinski definition) is 2. The van der Waals surface area contributed by atoms with Crippen LogP contribution in [0.1, 0.15) is 31.9 Å². The third-order valence-corrected chi connectivity index (χ3v) is 3.93. The molecule has 0 heterocycles. The highest BCUT2D eigenvalue weighted by atomic mass is 16.5. The Hall–Kier alpha value is -1.75. The molecule has 0 unspecified atom stereocenters. The van der Waals surface area contributed by atoms with Gasteiger partial charge in [0.1, 0.15) is 5.75 Å². The summed E-state index contributed by atoms with van der Waals surface area (Å²) in [5, 5.41) is 6.76. The number of guanidine groups is 1. The van der Waals surface area contributed by atoms with E-state index >= 15 is 0 Å². The second-order valence-electron chi connectivity index (χ2n) is 7.58. The lowest BCUT2D eigenvalue weighted by molar-refractivity contribution is 0.248. The smallest absolute Gasteiger partial charge is 0.191 e. The molecule has 25 heavy (non-hydrogen) atoms. The Balaban J connectivity index is 2.59. The van der Waals surface area contributed by atoms with Crippen LogP contribution in [0.2, 0.25) is 0 Å². The highest BCUT2D eigenvalue weighted by Crippen LogP contribution is 2.19. The zero-order valence-corrected chi connectivity index (χ0v) is 17.1. The van der Waals surface area contributed by atoms with Gasteiger partial charge in [0.05, 0.1) is 7.11 Å². The molecule has 0 atom stereocenters. The first kappa shape index (κ1) is 21.3. The third kappa shape index (κ3) is 8.25. The van der Waals surface area contributed by atoms with Gasteiger partial charge in [0, 0.05) is 26.2 Å². The molecule has 0 spiro atoms. The molecule has 1 aromatic carbocycles. The van der Waals surface area contributed by atoms with Gasteiger partial charge in [0.25, 0.3) is 0 Å². The molecule has 0 aromatic heterocycles. The van der Waals surface area contributed by atoms with Crippen LogP contribution >= 0.6 is 0 Å². The van der Waals surface area contributed by atoms with Gasteiger partial charge >= 0.3 is 0 Å². The predicted molar refractivity (Wildman–Crippen MR) is 108 cm³/mol. The van der Waals surface area contributed by atoms with Gasteiger partial charge < -0.3 is 20.3 Å². The second kappa shape index (κ2) is 10.3. The van der Waals surface area contributed by atoms with E-state index in [1.54, 1.807) is 7.11 Å². The molecule has 0 saturated heterocycles. The van der Waals surface area contributed by atoms with Crippen LogP contribution in [0.4, 0.5) is 0 Å². The fourth-order valence-electron chi connectivity index (χ4n) is 2.89. The highest BCUT2D eigenvalue weighted by molar-refractivity contribution is 5.79. The van der Waals surface area contributed by atoms with Crippen LogP contribution < -0.4 is 15.4 Å². The van der Waals surface area contributed by atoms with E-state index in [0.717, 1.165) is 49.9 Å². The quantitative estimate of drug-likeness (QED) is 0.532. The standard InChI is InChI=1S/C20H36N4O/c1-8-21-19(23-14-20(3,4)15-24(5)6)22-12-11-17-10-9-16(2)18(13-17)25-7/h9-10,13H,8,11-12,14-15H2,1-7H3,(H2,21,22,23). The van der Waals surface area contributed by atoms with Crippen molar-refractivity contribution in [1.82, 2.24) is 15.5 Å². The molecule has 1 rings (SSSR count). The van der Waals surface area contributed by atoms with E-state index in [1.807, 2.05) is 0 Å². The topological polar surface area (TPSA) is 48.9 Å². The molecule has 0 aliphatic rings. The van der Waals surface area contributed by atoms with Crippen LogP contribution in [0.15, 0.2) is 23.2 Å². The average molecular weight is 349 g/mol. The minimum atomic E-state index is 0.149. The van der Waals surface area contributed by atoms with Crippen LogP contribution in [0, 0.1) is 12.3 Å². The van der Waals surface area contributed by atoms with Gasteiger partial charge in [0.15, 0.2) is 5.96 Å². The summed E-state index contributed by atoms with van der Waals surface area (Å²) in [5.74, 6) is 1.83. The predicted octanol–water partition coefficient (Wildman–Crippen LogP) is 2.69. The molecule has 0 saturated carbocycles. The maximum atomic E-state index is 5.40. The summed E-state index contributed by atoms with van der Waals surface area (Å²) in [4.78, 5) is 6.97. The Kier molecular flexibility index (Phi) is 8.76. The van der Waals surface area contributed by atoms with Crippen molar-refractivity contribution < 1.29 is 4.74 Å². The number of nitrogens with one attached hydrogen (secondary N) is 2. The number of methoxy groups -OCH3 is 1. The van der Waals surface area contributed by atoms with Crippen molar-refractivity contribution >= 4 is 5.96 Å². The van der Waals surface area contributed by atoms with Crippen molar-refractivity contribution in [3.63, 3.8) is 0 Å². The molecule has 0 aliphatic carbocycles. The van der Waals surface area contributed by atoms with E-state index in [2.05, 4.69) is 75.5 Å². The number of rotatable bonds is 9. The number of ether oxygens (including phenoxy) is 1. The van der Waals surface area contributed by atoms with Gasteiger partial charge in [-0.25, -0.2) is 0 Å². The molecule has 2 N–H and O–H groups in total. The molecule has 0 radical (unpaired) electrons. The van der Waals surface area contributed by atoms with E-state index in [0.29, 0.717) is 0 Å². The van der Waals surface area contributed by atoms with Gasteiger partial charge in [0.2, 0.25) is 0 Å². The van der Waals surface area contributed by atoms with Crippen molar-refractivity contribution in [1.29, 1.82) is 0 Å². The average Bonchev–Trinajstić information content (AvgIpc) is 2.53. The molecule has 0 bridgehead atoms. The molecule has 0 aliphatic heterocycles. The Bertz CT molecular complexity index is 553. The molecule has 1 aromatic rings. The zero-order chi connectivity index (χ0) is 18.9. The minimum Gasteiger partial charge on any atom is -0.496 e. The van der Waals surface area contributed by atoms with Crippen LogP contribution in [0.3, 0.4) is 0 Å². The van der Waals surface area contributed by atoms with E-state index in [4.69, 9.17) is 9.73 Å². The fraction of sp³-hybridized carbons (Fsp3) is 0.650. The van der Waals surface area contributed by atoms with Crippen molar-refractivity contribution in [2.45, 2.75) is 34.1 Å². The highest BCUT2D eigenvalue weighted by Gasteiger charge is 2.18. The zero-order valence-electron chi connectivity index (χ0n) is 17.1. The van der Waals surface area contributed by atoms with Gasteiger partial charge in [-0.05, 0) is 57.0 Å². The number of aryl methyl sites for hydroxylation is 1. The lowest BCUT2D eigenvalue weighted by atomic mass is 9.93. The monoisotopic (exact) mass is 348 g/mol. The largest absolute Gasteiger partial charge is 0.496 e. The first-order valence-electron chi connectivity index (χ1n) is 9.08. The molecule has 142 valence electrons. The summed E-state index contributed by atoms with van der Waals surface area (Å²) < 4.78 is 5.40. The Morgan fingerprint density at radius 2 is 1.96 bits per heavy atom. The first-order valence-corrected chi connectivity index (χ1v) is 9.08. The number of nitrogens with zero attached hydrogens (tertiary/aromatic N) is 2. The van der Waals surface area contributed by atoms with Gasteiger partial charge in [-0.3, -0.25) is 4.99 Å². The van der Waals surface area contributed by atoms with Crippen molar-refractivity contribution in [2.24, 2.45) is 10.4 Å². The maximum Gasteiger partial charge on any atom is 0.191 e. The molecule has 5 nitrogen and oxygen atoms in total. The fourth-order valence-corrected chi connectivity index (χ4v) is 2.89. The summed E-state index contributed by atoms with van der Waals surface area (Å²) in [6.07, 6.45) is 0.933. The normalized spacial score (nSPS) is 12.4. The second-order valence-corrected chi connectivity index (χ2v) is 7.58. The minimum absolute atomic E-state index is 0.149. The lowest BCUT2D eigenvalue weighted by Crippen LogP contribution is -2.40. The third-order valence-electron chi connectivity index (χ3n) is 3.93. The molecule has 0 fully saturated rings. The number of aliphatic imine (C=N–C) groups is 1. The lowest BCUT2D eigenvalue weighted by Gasteiger charge is -2.26. The number of hydrogen-bond acceptors (Lipinski definition) is 3. The van der Waals surface area contributed by atoms with Crippen molar-refractivity contribution in [3.05, 3.63) is 29.3 Å². The Labute approximate surface area is 153 Å². The van der Waals surface area contributed by atoms with Crippen molar-refractivity contribution in [3.8, 4) is 5.75 Å².